The van der Waals surface area contributed by atoms with Crippen LogP contribution >= 0.6 is 0 Å². The molecule has 2 fully saturated rings. The van der Waals surface area contributed by atoms with Gasteiger partial charge in [0.25, 0.3) is 0 Å². The lowest BCUT2D eigenvalue weighted by Crippen LogP contribution is -2.51. The van der Waals surface area contributed by atoms with Crippen LogP contribution in [0.25, 0.3) is 0 Å². The molecular formula is C18H23FN2O5S. The van der Waals surface area contributed by atoms with E-state index in [-0.39, 0.29) is 35.8 Å². The number of hydrogen-bond donors (Lipinski definition) is 1. The molecule has 1 unspecified atom stereocenters. The van der Waals surface area contributed by atoms with E-state index in [9.17, 15) is 22.4 Å². The Hall–Kier alpha value is -2.03. The minimum atomic E-state index is -3.25. The molecule has 1 aromatic heterocycles. The number of amides is 1. The topological polar surface area (TPSA) is 116 Å². The highest BCUT2D eigenvalue weighted by molar-refractivity contribution is 7.92. The molecule has 0 spiro atoms. The molecule has 2 aliphatic rings. The molecule has 2 N–H and O–H groups in total. The fraction of sp³-hybridized carbons (Fsp3) is 0.611. The molecule has 1 aliphatic carbocycles. The van der Waals surface area contributed by atoms with Crippen molar-refractivity contribution in [2.45, 2.75) is 44.6 Å². The number of Topliss-reactive ketones (excluding diaryl/α,β-unsaturated/α-hetero) is 1. The Morgan fingerprint density at radius 3 is 2.56 bits per heavy atom. The maximum Gasteiger partial charge on any atom is 0.218 e. The third kappa shape index (κ3) is 4.63. The number of rotatable bonds is 9. The van der Waals surface area contributed by atoms with Crippen LogP contribution in [0, 0.1) is 5.41 Å². The lowest BCUT2D eigenvalue weighted by Gasteiger charge is -2.39. The average molecular weight is 398 g/mol. The second-order valence-electron chi connectivity index (χ2n) is 7.74. The third-order valence-corrected chi connectivity index (χ3v) is 6.98. The minimum Gasteiger partial charge on any atom is -0.488 e. The zero-order chi connectivity index (χ0) is 19.8. The average Bonchev–Trinajstić information content (AvgIpc) is 3.36. The summed E-state index contributed by atoms with van der Waals surface area (Å²) in [6, 6.07) is 1.49. The monoisotopic (exact) mass is 398 g/mol. The fourth-order valence-electron chi connectivity index (χ4n) is 3.61. The van der Waals surface area contributed by atoms with E-state index in [2.05, 4.69) is 4.98 Å². The van der Waals surface area contributed by atoms with Gasteiger partial charge in [-0.1, -0.05) is 0 Å². The van der Waals surface area contributed by atoms with Crippen molar-refractivity contribution in [3.63, 3.8) is 0 Å². The van der Waals surface area contributed by atoms with Crippen molar-refractivity contribution in [3.05, 3.63) is 23.5 Å². The molecule has 1 aromatic rings. The van der Waals surface area contributed by atoms with Crippen molar-refractivity contribution < 1.29 is 27.1 Å². The van der Waals surface area contributed by atoms with Crippen LogP contribution in [0.1, 0.15) is 54.6 Å². The number of primary amides is 1. The first-order chi connectivity index (χ1) is 12.6. The molecule has 1 atom stereocenters. The van der Waals surface area contributed by atoms with E-state index in [4.69, 9.17) is 10.5 Å². The van der Waals surface area contributed by atoms with E-state index in [0.29, 0.717) is 11.7 Å². The molecular weight excluding hydrogens is 375 g/mol. The van der Waals surface area contributed by atoms with E-state index in [0.717, 1.165) is 18.4 Å². The Labute approximate surface area is 157 Å². The van der Waals surface area contributed by atoms with Crippen LogP contribution < -0.4 is 10.5 Å². The van der Waals surface area contributed by atoms with Gasteiger partial charge >= 0.3 is 0 Å². The zero-order valence-corrected chi connectivity index (χ0v) is 15.9. The molecule has 1 saturated heterocycles. The molecule has 1 aliphatic heterocycles. The van der Waals surface area contributed by atoms with Gasteiger partial charge in [0.1, 0.15) is 24.2 Å². The lowest BCUT2D eigenvalue weighted by molar-refractivity contribution is -0.119. The second-order valence-corrected chi connectivity index (χ2v) is 9.80. The number of pyridine rings is 1. The molecule has 0 aromatic carbocycles. The summed E-state index contributed by atoms with van der Waals surface area (Å²) in [4.78, 5) is 28.2. The summed E-state index contributed by atoms with van der Waals surface area (Å²) in [7, 11) is -3.25. The Morgan fingerprint density at radius 2 is 2.04 bits per heavy atom. The van der Waals surface area contributed by atoms with Crippen molar-refractivity contribution in [1.29, 1.82) is 0 Å². The van der Waals surface area contributed by atoms with Gasteiger partial charge in [-0.05, 0) is 25.7 Å². The first-order valence-corrected chi connectivity index (χ1v) is 10.7. The van der Waals surface area contributed by atoms with Gasteiger partial charge in [-0.2, -0.15) is 0 Å². The van der Waals surface area contributed by atoms with Gasteiger partial charge in [-0.15, -0.1) is 0 Å². The van der Waals surface area contributed by atoms with Crippen molar-refractivity contribution in [3.8, 4) is 5.75 Å². The number of halogens is 1. The molecule has 27 heavy (non-hydrogen) atoms. The predicted octanol–water partition coefficient (Wildman–Crippen LogP) is 1.56. The van der Waals surface area contributed by atoms with Gasteiger partial charge in [0.2, 0.25) is 5.91 Å². The number of nitrogens with two attached hydrogens (primary N) is 1. The largest absolute Gasteiger partial charge is 0.488 e. The highest BCUT2D eigenvalue weighted by Gasteiger charge is 2.50. The number of carbonyl (C=O) groups is 2. The van der Waals surface area contributed by atoms with Gasteiger partial charge in [0.15, 0.2) is 15.6 Å². The molecule has 1 amide bonds. The summed E-state index contributed by atoms with van der Waals surface area (Å²) in [5.74, 6) is -0.761. The number of aromatic nitrogens is 1. The Bertz CT molecular complexity index is 855. The zero-order valence-electron chi connectivity index (χ0n) is 15.1. The Balaban J connectivity index is 1.81. The summed E-state index contributed by atoms with van der Waals surface area (Å²) in [6.45, 7) is 0.939. The van der Waals surface area contributed by atoms with Crippen LogP contribution in [-0.2, 0) is 14.6 Å². The summed E-state index contributed by atoms with van der Waals surface area (Å²) in [5, 5.41) is 0. The van der Waals surface area contributed by atoms with Gasteiger partial charge in [-0.3, -0.25) is 14.6 Å². The smallest absolute Gasteiger partial charge is 0.218 e. The van der Waals surface area contributed by atoms with Crippen LogP contribution in [0.15, 0.2) is 12.3 Å². The van der Waals surface area contributed by atoms with Crippen molar-refractivity contribution in [1.82, 2.24) is 4.98 Å². The van der Waals surface area contributed by atoms with E-state index in [1.807, 2.05) is 0 Å². The van der Waals surface area contributed by atoms with Crippen LogP contribution in [0.3, 0.4) is 0 Å². The van der Waals surface area contributed by atoms with Gasteiger partial charge < -0.3 is 10.5 Å². The Kier molecular flexibility index (Phi) is 5.24. The summed E-state index contributed by atoms with van der Waals surface area (Å²) in [5.41, 5.74) is 5.23. The summed E-state index contributed by atoms with van der Waals surface area (Å²) in [6.07, 6.45) is 2.61. The van der Waals surface area contributed by atoms with Gasteiger partial charge in [-0.25, -0.2) is 12.8 Å². The van der Waals surface area contributed by atoms with E-state index in [1.54, 1.807) is 13.1 Å². The molecule has 148 valence electrons. The minimum absolute atomic E-state index is 0.119. The van der Waals surface area contributed by atoms with Gasteiger partial charge in [0, 0.05) is 36.1 Å². The number of ether oxygens (including phenoxy) is 1. The number of ketones is 1. The molecule has 0 radical (unpaired) electrons. The second kappa shape index (κ2) is 7.18. The first-order valence-electron chi connectivity index (χ1n) is 8.87. The van der Waals surface area contributed by atoms with Crippen LogP contribution in [0.4, 0.5) is 4.39 Å². The maximum absolute atomic E-state index is 12.8. The van der Waals surface area contributed by atoms with E-state index >= 15 is 0 Å². The summed E-state index contributed by atoms with van der Waals surface area (Å²) < 4.78 is 41.7. The lowest BCUT2D eigenvalue weighted by atomic mass is 9.81. The number of carbonyl (C=O) groups excluding carboxylic acids is 2. The molecule has 9 heteroatoms. The normalized spacial score (nSPS) is 21.1. The number of alkyl halides is 1. The van der Waals surface area contributed by atoms with Crippen LogP contribution in [0.2, 0.25) is 0 Å². The number of hydrogen-bond acceptors (Lipinski definition) is 6. The molecule has 0 bridgehead atoms. The van der Waals surface area contributed by atoms with Crippen LogP contribution in [-0.4, -0.2) is 49.4 Å². The highest BCUT2D eigenvalue weighted by Crippen LogP contribution is 2.45. The number of sulfone groups is 1. The molecule has 2 heterocycles. The summed E-state index contributed by atoms with van der Waals surface area (Å²) >= 11 is 0. The third-order valence-electron chi connectivity index (χ3n) is 4.88. The molecule has 7 nitrogen and oxygen atoms in total. The molecule has 3 rings (SSSR count). The SMILES string of the molecule is CC(CF)Oc1cc(C(=O)CC2(CC(N)=O)CS(=O)(=O)C2)ncc1C1CC1. The van der Waals surface area contributed by atoms with E-state index < -0.39 is 33.9 Å². The van der Waals surface area contributed by atoms with E-state index in [1.165, 1.54) is 6.07 Å². The molecule has 1 saturated carbocycles. The Morgan fingerprint density at radius 1 is 1.37 bits per heavy atom. The number of nitrogens with zero attached hydrogens (tertiary/aromatic N) is 1. The van der Waals surface area contributed by atoms with Crippen molar-refractivity contribution >= 4 is 21.5 Å². The van der Waals surface area contributed by atoms with Crippen molar-refractivity contribution in [2.75, 3.05) is 18.2 Å². The van der Waals surface area contributed by atoms with Crippen molar-refractivity contribution in [2.24, 2.45) is 11.1 Å². The highest BCUT2D eigenvalue weighted by atomic mass is 32.2. The first kappa shape index (κ1) is 19.7. The van der Waals surface area contributed by atoms with Crippen LogP contribution in [0.5, 0.6) is 5.75 Å². The quantitative estimate of drug-likeness (QED) is 0.631. The fourth-order valence-corrected chi connectivity index (χ4v) is 5.80. The standard InChI is InChI=1S/C18H23FN2O5S/c1-11(7-19)26-16-4-14(21-8-13(16)12-2-3-12)15(22)5-18(6-17(20)23)9-27(24,25)10-18/h4,8,11-12H,2-3,5-7,9-10H2,1H3,(H2,20,23). The predicted molar refractivity (Wildman–Crippen MR) is 96.1 cm³/mol. The maximum atomic E-state index is 12.8. The van der Waals surface area contributed by atoms with Gasteiger partial charge in [0.05, 0.1) is 11.5 Å².